The summed E-state index contributed by atoms with van der Waals surface area (Å²) in [7, 11) is 0. The number of aryl methyl sites for hydroxylation is 2. The van der Waals surface area contributed by atoms with Crippen LogP contribution in [0, 0.1) is 0 Å². The number of para-hydroxylation sites is 2. The maximum atomic E-state index is 3.46. The van der Waals surface area contributed by atoms with E-state index in [-0.39, 0.29) is 17.0 Å². The molecular weight excluding hydrogens is 252 g/mol. The standard InChI is InChI=1S/C12H16N2.BrH/c1-3-9-14-11-8-6-5-7-10(11)13-12(14)4-2;/h5-8H,3-4,9H2,1-2H3;1H. The molecule has 0 spiro atoms. The van der Waals surface area contributed by atoms with Crippen molar-refractivity contribution in [2.75, 3.05) is 0 Å². The van der Waals surface area contributed by atoms with Crippen LogP contribution in [-0.2, 0) is 13.0 Å². The quantitative estimate of drug-likeness (QED) is 0.720. The van der Waals surface area contributed by atoms with Crippen LogP contribution in [0.1, 0.15) is 26.1 Å². The lowest BCUT2D eigenvalue weighted by atomic mass is 10.3. The molecule has 2 aromatic rings. The number of imidazole rings is 1. The molecule has 0 atom stereocenters. The Labute approximate surface area is 101 Å². The Morgan fingerprint density at radius 2 is 1.93 bits per heavy atom. The Balaban J connectivity index is 0.00000112. The largest absolute Gasteiger partial charge is 1.00 e. The summed E-state index contributed by atoms with van der Waals surface area (Å²) in [6.45, 7) is 5.51. The van der Waals surface area contributed by atoms with E-state index < -0.39 is 0 Å². The molecular formula is C12H17BrN2. The van der Waals surface area contributed by atoms with E-state index in [9.17, 15) is 0 Å². The van der Waals surface area contributed by atoms with E-state index in [0.717, 1.165) is 13.0 Å². The molecule has 0 fully saturated rings. The highest BCUT2D eigenvalue weighted by Gasteiger charge is 2.14. The molecule has 0 radical (unpaired) electrons. The fourth-order valence-corrected chi connectivity index (χ4v) is 1.94. The van der Waals surface area contributed by atoms with Crippen LogP contribution in [0.2, 0.25) is 0 Å². The van der Waals surface area contributed by atoms with E-state index in [2.05, 4.69) is 47.7 Å². The third-order valence-electron chi connectivity index (χ3n) is 2.58. The number of halogens is 1. The lowest BCUT2D eigenvalue weighted by molar-refractivity contribution is -0.678. The molecule has 0 bridgehead atoms. The zero-order valence-electron chi connectivity index (χ0n) is 9.26. The topological polar surface area (TPSA) is 19.7 Å². The number of H-pyrrole nitrogens is 1. The van der Waals surface area contributed by atoms with E-state index in [1.165, 1.54) is 23.3 Å². The molecule has 2 nitrogen and oxygen atoms in total. The number of rotatable bonds is 3. The van der Waals surface area contributed by atoms with Crippen molar-refractivity contribution in [3.05, 3.63) is 30.1 Å². The summed E-state index contributed by atoms with van der Waals surface area (Å²) in [6, 6.07) is 8.50. The van der Waals surface area contributed by atoms with Crippen LogP contribution in [0.15, 0.2) is 24.3 Å². The smallest absolute Gasteiger partial charge is 0.254 e. The average molecular weight is 269 g/mol. The molecule has 1 aromatic heterocycles. The molecule has 1 heterocycles. The van der Waals surface area contributed by atoms with E-state index in [1.807, 2.05) is 0 Å². The second-order valence-corrected chi connectivity index (χ2v) is 3.59. The van der Waals surface area contributed by atoms with Gasteiger partial charge in [-0.2, -0.15) is 0 Å². The minimum atomic E-state index is 0. The van der Waals surface area contributed by atoms with E-state index >= 15 is 0 Å². The van der Waals surface area contributed by atoms with Gasteiger partial charge in [-0.15, -0.1) is 0 Å². The summed E-state index contributed by atoms with van der Waals surface area (Å²) in [5, 5.41) is 0. The molecule has 0 unspecified atom stereocenters. The first-order valence-corrected chi connectivity index (χ1v) is 5.36. The second kappa shape index (κ2) is 5.31. The minimum absolute atomic E-state index is 0. The Kier molecular flexibility index (Phi) is 4.33. The number of nitrogens with zero attached hydrogens (tertiary/aromatic N) is 1. The van der Waals surface area contributed by atoms with Crippen molar-refractivity contribution >= 4 is 11.0 Å². The van der Waals surface area contributed by atoms with Crippen molar-refractivity contribution in [1.82, 2.24) is 4.98 Å². The van der Waals surface area contributed by atoms with Crippen molar-refractivity contribution in [3.63, 3.8) is 0 Å². The lowest BCUT2D eigenvalue weighted by Gasteiger charge is -1.96. The van der Waals surface area contributed by atoms with Crippen LogP contribution in [0.3, 0.4) is 0 Å². The van der Waals surface area contributed by atoms with Gasteiger partial charge < -0.3 is 17.0 Å². The molecule has 0 saturated carbocycles. The van der Waals surface area contributed by atoms with Crippen LogP contribution >= 0.6 is 0 Å². The van der Waals surface area contributed by atoms with Crippen molar-refractivity contribution in [1.29, 1.82) is 0 Å². The molecule has 82 valence electrons. The summed E-state index contributed by atoms with van der Waals surface area (Å²) in [4.78, 5) is 3.46. The second-order valence-electron chi connectivity index (χ2n) is 3.59. The molecule has 0 aliphatic carbocycles. The van der Waals surface area contributed by atoms with Gasteiger partial charge in [-0.25, -0.2) is 9.55 Å². The van der Waals surface area contributed by atoms with Gasteiger partial charge in [-0.3, -0.25) is 0 Å². The number of aromatic nitrogens is 2. The van der Waals surface area contributed by atoms with E-state index in [1.54, 1.807) is 0 Å². The molecule has 2 rings (SSSR count). The number of hydrogen-bond donors (Lipinski definition) is 1. The Bertz CT molecular complexity index is 434. The highest BCUT2D eigenvalue weighted by Crippen LogP contribution is 2.09. The van der Waals surface area contributed by atoms with Gasteiger partial charge in [-0.05, 0) is 18.6 Å². The summed E-state index contributed by atoms with van der Waals surface area (Å²) in [5.41, 5.74) is 2.57. The van der Waals surface area contributed by atoms with Gasteiger partial charge in [0.1, 0.15) is 0 Å². The van der Waals surface area contributed by atoms with Crippen molar-refractivity contribution in [3.8, 4) is 0 Å². The summed E-state index contributed by atoms with van der Waals surface area (Å²) < 4.78 is 2.38. The van der Waals surface area contributed by atoms with Crippen LogP contribution in [0.4, 0.5) is 0 Å². The fourth-order valence-electron chi connectivity index (χ4n) is 1.94. The molecule has 1 N–H and O–H groups in total. The predicted octanol–water partition coefficient (Wildman–Crippen LogP) is -0.568. The lowest BCUT2D eigenvalue weighted by Crippen LogP contribution is -3.00. The molecule has 3 heteroatoms. The Morgan fingerprint density at radius 3 is 2.60 bits per heavy atom. The maximum absolute atomic E-state index is 3.46. The summed E-state index contributed by atoms with van der Waals surface area (Å²) in [5.74, 6) is 1.33. The fraction of sp³-hybridized carbons (Fsp3) is 0.417. The number of fused-ring (bicyclic) bond motifs is 1. The first kappa shape index (κ1) is 12.2. The highest BCUT2D eigenvalue weighted by molar-refractivity contribution is 5.70. The molecule has 1 aromatic carbocycles. The monoisotopic (exact) mass is 268 g/mol. The number of hydrogen-bond acceptors (Lipinski definition) is 0. The molecule has 15 heavy (non-hydrogen) atoms. The minimum Gasteiger partial charge on any atom is -1.00 e. The van der Waals surface area contributed by atoms with Crippen LogP contribution in [0.25, 0.3) is 11.0 Å². The van der Waals surface area contributed by atoms with Crippen LogP contribution in [0.5, 0.6) is 0 Å². The van der Waals surface area contributed by atoms with Gasteiger partial charge in [0.15, 0.2) is 11.0 Å². The summed E-state index contributed by atoms with van der Waals surface area (Å²) >= 11 is 0. The average Bonchev–Trinajstić information content (AvgIpc) is 2.58. The van der Waals surface area contributed by atoms with Crippen molar-refractivity contribution in [2.24, 2.45) is 0 Å². The van der Waals surface area contributed by atoms with Gasteiger partial charge in [0.05, 0.1) is 6.54 Å². The number of nitrogens with one attached hydrogen (secondary N) is 1. The van der Waals surface area contributed by atoms with Crippen LogP contribution < -0.4 is 21.5 Å². The third kappa shape index (κ3) is 2.23. The molecule has 0 saturated heterocycles. The first-order valence-electron chi connectivity index (χ1n) is 5.36. The van der Waals surface area contributed by atoms with E-state index in [4.69, 9.17) is 0 Å². The Hall–Kier alpha value is -0.830. The third-order valence-corrected chi connectivity index (χ3v) is 2.58. The molecule has 0 aliphatic heterocycles. The molecule has 0 aliphatic rings. The SMILES string of the molecule is CCC[n+]1c(CC)[nH]c2ccccc21.[Br-]. The van der Waals surface area contributed by atoms with Gasteiger partial charge in [0.2, 0.25) is 0 Å². The predicted molar refractivity (Wildman–Crippen MR) is 58.2 cm³/mol. The van der Waals surface area contributed by atoms with Gasteiger partial charge >= 0.3 is 0 Å². The van der Waals surface area contributed by atoms with E-state index in [0.29, 0.717) is 0 Å². The van der Waals surface area contributed by atoms with Gasteiger partial charge in [0.25, 0.3) is 5.82 Å². The van der Waals surface area contributed by atoms with Crippen molar-refractivity contribution < 1.29 is 21.5 Å². The van der Waals surface area contributed by atoms with Crippen LogP contribution in [-0.4, -0.2) is 4.98 Å². The first-order chi connectivity index (χ1) is 6.86. The Morgan fingerprint density at radius 1 is 1.20 bits per heavy atom. The van der Waals surface area contributed by atoms with Gasteiger partial charge in [-0.1, -0.05) is 26.0 Å². The number of aromatic amines is 1. The highest BCUT2D eigenvalue weighted by atomic mass is 79.9. The maximum Gasteiger partial charge on any atom is 0.254 e. The normalized spacial score (nSPS) is 10.3. The van der Waals surface area contributed by atoms with Gasteiger partial charge in [0, 0.05) is 6.42 Å². The van der Waals surface area contributed by atoms with Crippen molar-refractivity contribution in [2.45, 2.75) is 33.2 Å². The number of benzene rings is 1. The summed E-state index contributed by atoms with van der Waals surface area (Å²) in [6.07, 6.45) is 2.24. The zero-order valence-corrected chi connectivity index (χ0v) is 10.8. The molecule has 0 amide bonds. The zero-order chi connectivity index (χ0) is 9.97.